The molecule has 5 nitrogen and oxygen atoms in total. The molecule has 0 aromatic heterocycles. The molecule has 1 heterocycles. The minimum Gasteiger partial charge on any atom is -0.361 e. The highest BCUT2D eigenvalue weighted by Crippen LogP contribution is 2.34. The van der Waals surface area contributed by atoms with Crippen molar-refractivity contribution in [2.75, 3.05) is 11.9 Å². The van der Waals surface area contributed by atoms with Gasteiger partial charge in [-0.05, 0) is 55.5 Å². The van der Waals surface area contributed by atoms with Crippen LogP contribution < -0.4 is 10.6 Å². The van der Waals surface area contributed by atoms with Gasteiger partial charge in [0.25, 0.3) is 11.8 Å². The Kier molecular flexibility index (Phi) is 5.07. The van der Waals surface area contributed by atoms with Gasteiger partial charge < -0.3 is 15.5 Å². The first-order chi connectivity index (χ1) is 13.5. The average Bonchev–Trinajstić information content (AvgIpc) is 3.47. The molecule has 1 unspecified atom stereocenters. The molecule has 2 aromatic rings. The van der Waals surface area contributed by atoms with Gasteiger partial charge in [-0.3, -0.25) is 9.59 Å². The molecule has 0 spiro atoms. The van der Waals surface area contributed by atoms with Crippen molar-refractivity contribution in [3.8, 4) is 0 Å². The number of rotatable bonds is 7. The molecular formula is C23H27N3O2. The van der Waals surface area contributed by atoms with Gasteiger partial charge >= 0.3 is 0 Å². The molecule has 1 saturated carbocycles. The molecule has 146 valence electrons. The normalized spacial score (nSPS) is 18.3. The second-order valence-corrected chi connectivity index (χ2v) is 8.14. The van der Waals surface area contributed by atoms with E-state index in [4.69, 9.17) is 0 Å². The molecule has 4 rings (SSSR count). The Hall–Kier alpha value is -2.82. The van der Waals surface area contributed by atoms with Crippen molar-refractivity contribution in [2.24, 2.45) is 5.92 Å². The Morgan fingerprint density at radius 2 is 1.82 bits per heavy atom. The monoisotopic (exact) mass is 377 g/mol. The number of amides is 2. The summed E-state index contributed by atoms with van der Waals surface area (Å²) in [5.41, 5.74) is 3.33. The highest BCUT2D eigenvalue weighted by Gasteiger charge is 2.36. The number of carbonyl (C=O) groups is 2. The fourth-order valence-electron chi connectivity index (χ4n) is 3.53. The third kappa shape index (κ3) is 3.88. The summed E-state index contributed by atoms with van der Waals surface area (Å²) in [5, 5.41) is 6.50. The molecule has 0 radical (unpaired) electrons. The summed E-state index contributed by atoms with van der Waals surface area (Å²) in [5.74, 6) is 0.588. The third-order valence-electron chi connectivity index (χ3n) is 5.37. The van der Waals surface area contributed by atoms with Gasteiger partial charge in [-0.1, -0.05) is 32.0 Å². The zero-order valence-corrected chi connectivity index (χ0v) is 16.4. The van der Waals surface area contributed by atoms with Gasteiger partial charge in [0.2, 0.25) is 0 Å². The third-order valence-corrected chi connectivity index (χ3v) is 5.37. The van der Waals surface area contributed by atoms with Crippen LogP contribution in [0.2, 0.25) is 0 Å². The van der Waals surface area contributed by atoms with Crippen LogP contribution in [0.25, 0.3) is 0 Å². The van der Waals surface area contributed by atoms with Crippen LogP contribution in [0, 0.1) is 5.92 Å². The van der Waals surface area contributed by atoms with Crippen LogP contribution in [-0.2, 0) is 0 Å². The Labute approximate surface area is 166 Å². The lowest BCUT2D eigenvalue weighted by Crippen LogP contribution is -2.33. The number of nitrogens with zero attached hydrogens (tertiary/aromatic N) is 1. The molecular weight excluding hydrogens is 350 g/mol. The summed E-state index contributed by atoms with van der Waals surface area (Å²) in [6.45, 7) is 5.05. The standard InChI is InChI=1S/C23H27N3O2/c1-15(2)13-14-26-21(19-5-3-4-6-20(19)23(26)28)24-17-9-7-16(8-10-17)22(27)25-18-11-12-18/h3-10,15,18,21,24H,11-14H2,1-2H3,(H,25,27). The van der Waals surface area contributed by atoms with E-state index in [1.165, 1.54) is 0 Å². The number of anilines is 1. The zero-order valence-electron chi connectivity index (χ0n) is 16.4. The molecule has 2 amide bonds. The van der Waals surface area contributed by atoms with E-state index < -0.39 is 0 Å². The second kappa shape index (κ2) is 7.66. The van der Waals surface area contributed by atoms with Crippen molar-refractivity contribution in [3.05, 3.63) is 65.2 Å². The van der Waals surface area contributed by atoms with Crippen LogP contribution in [-0.4, -0.2) is 29.3 Å². The van der Waals surface area contributed by atoms with Crippen molar-refractivity contribution < 1.29 is 9.59 Å². The number of fused-ring (bicyclic) bond motifs is 1. The highest BCUT2D eigenvalue weighted by molar-refractivity contribution is 5.99. The Bertz CT molecular complexity index is 872. The molecule has 1 atom stereocenters. The molecule has 28 heavy (non-hydrogen) atoms. The van der Waals surface area contributed by atoms with Crippen molar-refractivity contribution in [1.29, 1.82) is 0 Å². The number of carbonyl (C=O) groups excluding carboxylic acids is 2. The van der Waals surface area contributed by atoms with Gasteiger partial charge in [-0.25, -0.2) is 0 Å². The lowest BCUT2D eigenvalue weighted by Gasteiger charge is -2.28. The van der Waals surface area contributed by atoms with Crippen LogP contribution in [0.4, 0.5) is 5.69 Å². The van der Waals surface area contributed by atoms with E-state index in [0.29, 0.717) is 24.1 Å². The lowest BCUT2D eigenvalue weighted by atomic mass is 10.1. The summed E-state index contributed by atoms with van der Waals surface area (Å²) in [6, 6.07) is 15.6. The van der Waals surface area contributed by atoms with E-state index >= 15 is 0 Å². The topological polar surface area (TPSA) is 61.4 Å². The SMILES string of the molecule is CC(C)CCN1C(=O)c2ccccc2C1Nc1ccc(C(=O)NC2CC2)cc1. The number of benzene rings is 2. The summed E-state index contributed by atoms with van der Waals surface area (Å²) in [7, 11) is 0. The summed E-state index contributed by atoms with van der Waals surface area (Å²) >= 11 is 0. The lowest BCUT2D eigenvalue weighted by molar-refractivity contribution is 0.0734. The van der Waals surface area contributed by atoms with Gasteiger partial charge in [-0.2, -0.15) is 0 Å². The van der Waals surface area contributed by atoms with E-state index in [-0.39, 0.29) is 18.0 Å². The molecule has 2 aliphatic rings. The van der Waals surface area contributed by atoms with E-state index in [1.807, 2.05) is 53.4 Å². The molecule has 0 saturated heterocycles. The molecule has 5 heteroatoms. The average molecular weight is 377 g/mol. The first-order valence-corrected chi connectivity index (χ1v) is 10.1. The second-order valence-electron chi connectivity index (χ2n) is 8.14. The Balaban J connectivity index is 1.52. The van der Waals surface area contributed by atoms with Crippen LogP contribution in [0.5, 0.6) is 0 Å². The smallest absolute Gasteiger partial charge is 0.256 e. The van der Waals surface area contributed by atoms with Crippen molar-refractivity contribution in [3.63, 3.8) is 0 Å². The molecule has 1 fully saturated rings. The molecule has 2 aromatic carbocycles. The Morgan fingerprint density at radius 3 is 2.50 bits per heavy atom. The van der Waals surface area contributed by atoms with Crippen LogP contribution >= 0.6 is 0 Å². The maximum absolute atomic E-state index is 12.9. The van der Waals surface area contributed by atoms with E-state index in [1.54, 1.807) is 0 Å². The van der Waals surface area contributed by atoms with Gasteiger partial charge in [0.15, 0.2) is 0 Å². The zero-order chi connectivity index (χ0) is 19.7. The predicted octanol–water partition coefficient (Wildman–Crippen LogP) is 4.19. The number of hydrogen-bond acceptors (Lipinski definition) is 3. The number of hydrogen-bond donors (Lipinski definition) is 2. The summed E-state index contributed by atoms with van der Waals surface area (Å²) in [6.07, 6.45) is 2.92. The predicted molar refractivity (Wildman–Crippen MR) is 110 cm³/mol. The molecule has 1 aliphatic heterocycles. The summed E-state index contributed by atoms with van der Waals surface area (Å²) < 4.78 is 0. The maximum atomic E-state index is 12.9. The fourth-order valence-corrected chi connectivity index (χ4v) is 3.53. The van der Waals surface area contributed by atoms with Gasteiger partial charge in [0.05, 0.1) is 0 Å². The quantitative estimate of drug-likeness (QED) is 0.760. The number of nitrogens with one attached hydrogen (secondary N) is 2. The first kappa shape index (κ1) is 18.5. The Morgan fingerprint density at radius 1 is 1.11 bits per heavy atom. The molecule has 0 bridgehead atoms. The van der Waals surface area contributed by atoms with Crippen LogP contribution in [0.15, 0.2) is 48.5 Å². The van der Waals surface area contributed by atoms with E-state index in [2.05, 4.69) is 24.5 Å². The fraction of sp³-hybridized carbons (Fsp3) is 0.391. The largest absolute Gasteiger partial charge is 0.361 e. The highest BCUT2D eigenvalue weighted by atomic mass is 16.2. The maximum Gasteiger partial charge on any atom is 0.256 e. The van der Waals surface area contributed by atoms with E-state index in [0.717, 1.165) is 36.1 Å². The summed E-state index contributed by atoms with van der Waals surface area (Å²) in [4.78, 5) is 27.0. The first-order valence-electron chi connectivity index (χ1n) is 10.1. The van der Waals surface area contributed by atoms with Crippen LogP contribution in [0.1, 0.15) is 65.6 Å². The van der Waals surface area contributed by atoms with Gasteiger partial charge in [-0.15, -0.1) is 0 Å². The minimum absolute atomic E-state index is 0.0194. The van der Waals surface area contributed by atoms with Crippen molar-refractivity contribution in [1.82, 2.24) is 10.2 Å². The van der Waals surface area contributed by atoms with Gasteiger partial charge in [0.1, 0.15) is 6.17 Å². The van der Waals surface area contributed by atoms with Crippen molar-refractivity contribution >= 4 is 17.5 Å². The molecule has 2 N–H and O–H groups in total. The van der Waals surface area contributed by atoms with Gasteiger partial charge in [0, 0.05) is 35.0 Å². The van der Waals surface area contributed by atoms with E-state index in [9.17, 15) is 9.59 Å². The minimum atomic E-state index is -0.186. The van der Waals surface area contributed by atoms with Crippen molar-refractivity contribution in [2.45, 2.75) is 45.3 Å². The molecule has 1 aliphatic carbocycles. The van der Waals surface area contributed by atoms with Crippen LogP contribution in [0.3, 0.4) is 0 Å².